The summed E-state index contributed by atoms with van der Waals surface area (Å²) in [5.74, 6) is -1.96. The lowest BCUT2D eigenvalue weighted by Gasteiger charge is -2.10. The zero-order valence-electron chi connectivity index (χ0n) is 8.50. The molecule has 0 saturated carbocycles. The van der Waals surface area contributed by atoms with E-state index in [9.17, 15) is 13.6 Å². The van der Waals surface area contributed by atoms with Crippen molar-refractivity contribution in [3.05, 3.63) is 28.8 Å². The predicted octanol–water partition coefficient (Wildman–Crippen LogP) is 2.06. The summed E-state index contributed by atoms with van der Waals surface area (Å²) >= 11 is 5.59. The Bertz CT molecular complexity index is 481. The maximum atomic E-state index is 13.5. The topological polar surface area (TPSA) is 61.6 Å². The second-order valence-electron chi connectivity index (χ2n) is 3.46. The molecule has 1 unspecified atom stereocenters. The summed E-state index contributed by atoms with van der Waals surface area (Å²) in [5.41, 5.74) is 5.12. The number of ether oxygens (including phenoxy) is 2. The molecule has 0 spiro atoms. The van der Waals surface area contributed by atoms with E-state index in [-0.39, 0.29) is 23.6 Å². The molecule has 1 atom stereocenters. The number of primary amides is 1. The predicted molar refractivity (Wildman–Crippen MR) is 54.7 cm³/mol. The van der Waals surface area contributed by atoms with Gasteiger partial charge in [-0.05, 0) is 6.07 Å². The van der Waals surface area contributed by atoms with E-state index < -0.39 is 24.0 Å². The maximum Gasteiger partial charge on any atom is 0.407 e. The van der Waals surface area contributed by atoms with Crippen molar-refractivity contribution in [3.8, 4) is 5.75 Å². The highest BCUT2D eigenvalue weighted by Crippen LogP contribution is 2.37. The zero-order valence-corrected chi connectivity index (χ0v) is 9.26. The normalized spacial score (nSPS) is 17.5. The second-order valence-corrected chi connectivity index (χ2v) is 3.73. The van der Waals surface area contributed by atoms with Crippen LogP contribution in [0, 0.1) is 11.6 Å². The molecule has 0 fully saturated rings. The number of amides is 1. The lowest BCUT2D eigenvalue weighted by Crippen LogP contribution is -2.25. The number of rotatable bonds is 2. The molecule has 1 amide bonds. The molecule has 1 aromatic rings. The Hall–Kier alpha value is -1.56. The van der Waals surface area contributed by atoms with Crippen LogP contribution in [0.1, 0.15) is 11.1 Å². The molecular weight excluding hydrogens is 256 g/mol. The van der Waals surface area contributed by atoms with Crippen LogP contribution in [-0.2, 0) is 17.0 Å². The third-order valence-electron chi connectivity index (χ3n) is 2.35. The van der Waals surface area contributed by atoms with Gasteiger partial charge in [0.2, 0.25) is 6.29 Å². The van der Waals surface area contributed by atoms with Crippen LogP contribution in [0.5, 0.6) is 5.75 Å². The molecule has 0 aromatic heterocycles. The Balaban J connectivity index is 2.36. The van der Waals surface area contributed by atoms with Crippen LogP contribution in [0.15, 0.2) is 6.07 Å². The average Bonchev–Trinajstić information content (AvgIpc) is 2.66. The Morgan fingerprint density at radius 3 is 2.94 bits per heavy atom. The molecule has 0 aliphatic carbocycles. The van der Waals surface area contributed by atoms with Crippen LogP contribution in [0.25, 0.3) is 0 Å². The van der Waals surface area contributed by atoms with Crippen molar-refractivity contribution in [2.24, 2.45) is 5.73 Å². The van der Waals surface area contributed by atoms with Gasteiger partial charge in [-0.1, -0.05) is 0 Å². The van der Waals surface area contributed by atoms with Gasteiger partial charge in [0, 0.05) is 11.1 Å². The average molecular weight is 264 g/mol. The van der Waals surface area contributed by atoms with Gasteiger partial charge in [0.05, 0.1) is 12.3 Å². The fraction of sp³-hybridized carbons (Fsp3) is 0.300. The third kappa shape index (κ3) is 2.12. The number of carbonyl (C=O) groups excluding carboxylic acids is 1. The molecule has 92 valence electrons. The van der Waals surface area contributed by atoms with Gasteiger partial charge < -0.3 is 15.2 Å². The fourth-order valence-corrected chi connectivity index (χ4v) is 1.88. The standard InChI is InChI=1S/C10H8ClF2NO3/c11-3-4-1-6(12)8(13)5-2-7(16-9(4)5)17-10(14)15/h1,7H,2-3H2,(H2,14,15). The van der Waals surface area contributed by atoms with Gasteiger partial charge >= 0.3 is 6.09 Å². The van der Waals surface area contributed by atoms with Gasteiger partial charge in [0.25, 0.3) is 0 Å². The first-order valence-corrected chi connectivity index (χ1v) is 5.24. The van der Waals surface area contributed by atoms with Gasteiger partial charge in [-0.15, -0.1) is 11.6 Å². The molecule has 1 heterocycles. The molecule has 4 nitrogen and oxygen atoms in total. The van der Waals surface area contributed by atoms with E-state index in [1.165, 1.54) is 0 Å². The molecule has 2 rings (SSSR count). The fourth-order valence-electron chi connectivity index (χ4n) is 1.68. The minimum absolute atomic E-state index is 0.00639. The minimum Gasteiger partial charge on any atom is -0.454 e. The smallest absolute Gasteiger partial charge is 0.407 e. The van der Waals surface area contributed by atoms with E-state index in [0.717, 1.165) is 6.07 Å². The van der Waals surface area contributed by atoms with Crippen molar-refractivity contribution in [2.75, 3.05) is 0 Å². The number of carbonyl (C=O) groups is 1. The monoisotopic (exact) mass is 263 g/mol. The molecule has 0 bridgehead atoms. The zero-order chi connectivity index (χ0) is 12.6. The van der Waals surface area contributed by atoms with Crippen molar-refractivity contribution in [2.45, 2.75) is 18.6 Å². The highest BCUT2D eigenvalue weighted by atomic mass is 35.5. The first kappa shape index (κ1) is 11.9. The summed E-state index contributed by atoms with van der Waals surface area (Å²) < 4.78 is 36.4. The summed E-state index contributed by atoms with van der Waals surface area (Å²) in [6.07, 6.45) is -2.18. The van der Waals surface area contributed by atoms with E-state index >= 15 is 0 Å². The van der Waals surface area contributed by atoms with Gasteiger partial charge in [-0.25, -0.2) is 13.6 Å². The van der Waals surface area contributed by atoms with Crippen LogP contribution < -0.4 is 10.5 Å². The van der Waals surface area contributed by atoms with Gasteiger partial charge in [-0.2, -0.15) is 0 Å². The molecule has 1 aliphatic rings. The molecule has 1 aromatic carbocycles. The SMILES string of the molecule is NC(=O)OC1Cc2c(F)c(F)cc(CCl)c2O1. The molecule has 0 radical (unpaired) electrons. The Labute approximate surface area is 100 Å². The lowest BCUT2D eigenvalue weighted by atomic mass is 10.1. The van der Waals surface area contributed by atoms with Crippen molar-refractivity contribution in [1.82, 2.24) is 0 Å². The molecular formula is C10H8ClF2NO3. The number of hydrogen-bond donors (Lipinski definition) is 1. The van der Waals surface area contributed by atoms with E-state index in [0.29, 0.717) is 5.56 Å². The van der Waals surface area contributed by atoms with Gasteiger partial charge in [0.15, 0.2) is 11.6 Å². The van der Waals surface area contributed by atoms with E-state index in [1.807, 2.05) is 0 Å². The van der Waals surface area contributed by atoms with Crippen LogP contribution in [0.4, 0.5) is 13.6 Å². The van der Waals surface area contributed by atoms with Crippen LogP contribution in [0.3, 0.4) is 0 Å². The summed E-state index contributed by atoms with van der Waals surface area (Å²) in [4.78, 5) is 10.5. The maximum absolute atomic E-state index is 13.5. The third-order valence-corrected chi connectivity index (χ3v) is 2.64. The number of alkyl halides is 1. The first-order valence-electron chi connectivity index (χ1n) is 4.71. The van der Waals surface area contributed by atoms with Crippen molar-refractivity contribution >= 4 is 17.7 Å². The van der Waals surface area contributed by atoms with Crippen molar-refractivity contribution < 1.29 is 23.0 Å². The molecule has 7 heteroatoms. The summed E-state index contributed by atoms with van der Waals surface area (Å²) in [5, 5.41) is 0. The summed E-state index contributed by atoms with van der Waals surface area (Å²) in [7, 11) is 0. The van der Waals surface area contributed by atoms with Gasteiger partial charge in [-0.3, -0.25) is 0 Å². The van der Waals surface area contributed by atoms with Crippen LogP contribution in [0.2, 0.25) is 0 Å². The van der Waals surface area contributed by atoms with E-state index in [1.54, 1.807) is 0 Å². The quantitative estimate of drug-likeness (QED) is 0.831. The second kappa shape index (κ2) is 4.37. The highest BCUT2D eigenvalue weighted by molar-refractivity contribution is 6.17. The number of hydrogen-bond acceptors (Lipinski definition) is 3. The minimum atomic E-state index is -1.05. The number of benzene rings is 1. The van der Waals surface area contributed by atoms with Crippen molar-refractivity contribution in [3.63, 3.8) is 0 Å². The highest BCUT2D eigenvalue weighted by Gasteiger charge is 2.32. The van der Waals surface area contributed by atoms with E-state index in [4.69, 9.17) is 22.1 Å². The molecule has 0 saturated heterocycles. The summed E-state index contributed by atoms with van der Waals surface area (Å²) in [6, 6.07) is 0.952. The first-order chi connectivity index (χ1) is 8.02. The van der Waals surface area contributed by atoms with Gasteiger partial charge in [0.1, 0.15) is 5.75 Å². The Morgan fingerprint density at radius 2 is 2.35 bits per heavy atom. The number of nitrogens with two attached hydrogens (primary N) is 1. The van der Waals surface area contributed by atoms with Crippen LogP contribution in [-0.4, -0.2) is 12.4 Å². The Morgan fingerprint density at radius 1 is 1.65 bits per heavy atom. The number of halogens is 3. The van der Waals surface area contributed by atoms with Crippen LogP contribution >= 0.6 is 11.6 Å². The molecule has 17 heavy (non-hydrogen) atoms. The van der Waals surface area contributed by atoms with Crippen molar-refractivity contribution in [1.29, 1.82) is 0 Å². The summed E-state index contributed by atoms with van der Waals surface area (Å²) in [6.45, 7) is 0. The lowest BCUT2D eigenvalue weighted by molar-refractivity contribution is -0.0126. The molecule has 1 aliphatic heterocycles. The number of fused-ring (bicyclic) bond motifs is 1. The Kier molecular flexibility index (Phi) is 3.06. The molecule has 2 N–H and O–H groups in total. The van der Waals surface area contributed by atoms with E-state index in [2.05, 4.69) is 4.74 Å². The largest absolute Gasteiger partial charge is 0.454 e.